The second-order valence-corrected chi connectivity index (χ2v) is 22.9. The van der Waals surface area contributed by atoms with Gasteiger partial charge in [0, 0.05) is 71.2 Å². The third kappa shape index (κ3) is 20.1. The maximum atomic E-state index is 14.5. The minimum atomic E-state index is -1.40. The molecule has 0 aromatic heterocycles. The molecule has 3 N–H and O–H groups in total. The van der Waals surface area contributed by atoms with Gasteiger partial charge in [0.1, 0.15) is 23.7 Å². The van der Waals surface area contributed by atoms with Crippen LogP contribution in [-0.2, 0) is 75.0 Å². The van der Waals surface area contributed by atoms with Crippen molar-refractivity contribution in [2.75, 3.05) is 56.1 Å². The molecule has 79 heavy (non-hydrogen) atoms. The summed E-state index contributed by atoms with van der Waals surface area (Å²) in [5, 5.41) is 7.73. The van der Waals surface area contributed by atoms with Crippen LogP contribution in [0.2, 0.25) is 0 Å². The number of terminal acetylenes is 2. The number of benzene rings is 1. The van der Waals surface area contributed by atoms with Gasteiger partial charge in [-0.25, -0.2) is 0 Å². The molecular weight excluding hydrogens is 1010 g/mol. The highest BCUT2D eigenvalue weighted by molar-refractivity contribution is 6.03. The first kappa shape index (κ1) is 68.8. The molecule has 0 radical (unpaired) electrons. The Morgan fingerprint density at radius 3 is 1.86 bits per heavy atom. The molecule has 438 valence electrons. The third-order valence-electron chi connectivity index (χ3n) is 15.4. The Bertz CT molecular complexity index is 2350. The van der Waals surface area contributed by atoms with Crippen LogP contribution in [0.4, 0.5) is 0 Å². The summed E-state index contributed by atoms with van der Waals surface area (Å²) in [5.41, 5.74) is 1.35. The third-order valence-corrected chi connectivity index (χ3v) is 15.4. The van der Waals surface area contributed by atoms with E-state index in [9.17, 15) is 47.9 Å². The normalized spacial score (nSPS) is 17.7. The Balaban J connectivity index is 2.19. The first-order chi connectivity index (χ1) is 36.9. The lowest BCUT2D eigenvalue weighted by Crippen LogP contribution is -2.62. The molecule has 19 heteroatoms. The van der Waals surface area contributed by atoms with E-state index in [1.54, 1.807) is 60.9 Å². The first-order valence-corrected chi connectivity index (χ1v) is 27.5. The van der Waals surface area contributed by atoms with Crippen LogP contribution in [-0.4, -0.2) is 177 Å². The number of quaternary nitrogens is 1. The van der Waals surface area contributed by atoms with Crippen LogP contribution in [0.25, 0.3) is 0 Å². The quantitative estimate of drug-likeness (QED) is 0.0395. The zero-order chi connectivity index (χ0) is 60.2. The van der Waals surface area contributed by atoms with Crippen molar-refractivity contribution in [3.63, 3.8) is 0 Å². The standard InChI is InChI=1S/C60H90N6O13/c1-19-37(8)54(64(12)59(75)53(35(4)5)63-58(74)55(36(6)7)66(13,14)15)50(77-16)34-52(72)65-28-22-23-46(65)56(78-17)39(10)48(69)32-43(60(76)79-18)30-41-24-26-42(27-25-41)31-47(68)38(9)29-49(70)40(11)61-57(73)45(33-44(67)20-2)62-51(71)21-3/h2-3,24-27,35-40,43,45-46,50,53-56H,19,22-23,28-34H2,1,4-18H3,(H2-,61,62,63,71,73,74)/p+1/t37-,38+,39-,40-,43-,45?,46-,50+,53-,54-,55+,56+/m0/s1. The average molecular weight is 1100 g/mol. The number of hydrogen-bond acceptors (Lipinski definition) is 13. The number of rotatable bonds is 33. The second-order valence-electron chi connectivity index (χ2n) is 22.9. The topological polar surface area (TPSA) is 241 Å². The van der Waals surface area contributed by atoms with Crippen molar-refractivity contribution in [3.05, 3.63) is 35.4 Å². The van der Waals surface area contributed by atoms with Crippen LogP contribution in [0, 0.1) is 60.2 Å². The molecule has 0 spiro atoms. The molecule has 0 bridgehead atoms. The first-order valence-electron chi connectivity index (χ1n) is 27.5. The lowest BCUT2D eigenvalue weighted by atomic mass is 9.85. The van der Waals surface area contributed by atoms with Gasteiger partial charge in [0.15, 0.2) is 11.8 Å². The lowest BCUT2D eigenvalue weighted by Gasteiger charge is -2.41. The predicted molar refractivity (Wildman–Crippen MR) is 299 cm³/mol. The SMILES string of the molecule is C#CC(=O)CC(NC(=O)C#C)C(=O)N[C@@H](C)C(=O)C[C@@H](C)C(=O)Cc1ccc(C[C@@H](CC(=O)[C@H](C)[C@@H](OC)[C@@H]2CCCN2C(=O)C[C@@H](OC)[C@H]([C@@H](C)CC)N(C)C(=O)[C@@H](NC(=O)[C@@H](C(C)C)[N+](C)(C)C)C(C)C)C(=O)OC)cc1. The molecule has 1 aromatic rings. The van der Waals surface area contributed by atoms with Gasteiger partial charge < -0.3 is 44.4 Å². The van der Waals surface area contributed by atoms with Gasteiger partial charge in [0.05, 0.1) is 70.9 Å². The molecule has 1 saturated heterocycles. The second kappa shape index (κ2) is 32.1. The van der Waals surface area contributed by atoms with Crippen LogP contribution in [0.3, 0.4) is 0 Å². The molecule has 1 fully saturated rings. The summed E-state index contributed by atoms with van der Waals surface area (Å²) >= 11 is 0. The van der Waals surface area contributed by atoms with E-state index in [0.717, 1.165) is 0 Å². The number of ether oxygens (including phenoxy) is 3. The van der Waals surface area contributed by atoms with Gasteiger partial charge in [-0.05, 0) is 61.0 Å². The van der Waals surface area contributed by atoms with Crippen molar-refractivity contribution < 1.29 is 66.6 Å². The number of nitrogens with one attached hydrogen (secondary N) is 3. The Labute approximate surface area is 469 Å². The van der Waals surface area contributed by atoms with E-state index < -0.39 is 102 Å². The van der Waals surface area contributed by atoms with E-state index in [-0.39, 0.29) is 79.1 Å². The Kier molecular flexibility index (Phi) is 28.0. The maximum absolute atomic E-state index is 14.5. The predicted octanol–water partition coefficient (Wildman–Crippen LogP) is 3.69. The molecule has 1 aromatic carbocycles. The molecule has 0 saturated carbocycles. The monoisotopic (exact) mass is 1100 g/mol. The highest BCUT2D eigenvalue weighted by Gasteiger charge is 2.44. The van der Waals surface area contributed by atoms with Crippen LogP contribution < -0.4 is 16.0 Å². The van der Waals surface area contributed by atoms with Gasteiger partial charge in [0.2, 0.25) is 23.5 Å². The maximum Gasteiger partial charge on any atom is 0.309 e. The largest absolute Gasteiger partial charge is 0.469 e. The number of likely N-dealkylation sites (N-methyl/N-ethyl adjacent to an activating group) is 2. The van der Waals surface area contributed by atoms with E-state index in [1.165, 1.54) is 28.3 Å². The van der Waals surface area contributed by atoms with Gasteiger partial charge in [0.25, 0.3) is 11.8 Å². The van der Waals surface area contributed by atoms with Gasteiger partial charge in [-0.2, -0.15) is 0 Å². The summed E-state index contributed by atoms with van der Waals surface area (Å²) < 4.78 is 17.6. The Morgan fingerprint density at radius 1 is 0.747 bits per heavy atom. The highest BCUT2D eigenvalue weighted by Crippen LogP contribution is 2.31. The van der Waals surface area contributed by atoms with Gasteiger partial charge >= 0.3 is 5.97 Å². The molecule has 19 nitrogen and oxygen atoms in total. The van der Waals surface area contributed by atoms with E-state index >= 15 is 0 Å². The van der Waals surface area contributed by atoms with Gasteiger partial charge in [-0.15, -0.1) is 12.8 Å². The number of methoxy groups -OCH3 is 3. The Hall–Kier alpha value is -6.28. The summed E-state index contributed by atoms with van der Waals surface area (Å²) in [5.74, 6) is -3.77. The molecule has 5 amide bonds. The number of amides is 5. The molecule has 1 aliphatic heterocycles. The van der Waals surface area contributed by atoms with Crippen LogP contribution >= 0.6 is 0 Å². The summed E-state index contributed by atoms with van der Waals surface area (Å²) in [6.45, 7) is 17.0. The molecular formula is C60H91N6O13+. The zero-order valence-electron chi connectivity index (χ0n) is 49.8. The molecule has 1 aliphatic rings. The molecule has 2 rings (SSSR count). The molecule has 1 unspecified atom stereocenters. The number of nitrogens with zero attached hydrogens (tertiary/aromatic N) is 3. The Morgan fingerprint density at radius 2 is 1.35 bits per heavy atom. The number of Topliss-reactive ketones (excluding diaryl/α,β-unsaturated/α-hetero) is 4. The van der Waals surface area contributed by atoms with Gasteiger partial charge in [-0.3, -0.25) is 47.9 Å². The fourth-order valence-electron chi connectivity index (χ4n) is 10.8. The van der Waals surface area contributed by atoms with E-state index in [0.29, 0.717) is 41.4 Å². The van der Waals surface area contributed by atoms with Crippen molar-refractivity contribution >= 4 is 58.6 Å². The number of likely N-dealkylation sites (tertiary alicyclic amines) is 1. The number of esters is 1. The van der Waals surface area contributed by atoms with Crippen molar-refractivity contribution in [2.45, 2.75) is 169 Å². The van der Waals surface area contributed by atoms with Crippen LogP contribution in [0.1, 0.15) is 118 Å². The molecule has 1 heterocycles. The van der Waals surface area contributed by atoms with Gasteiger partial charge in [-0.1, -0.05) is 86.1 Å². The summed E-state index contributed by atoms with van der Waals surface area (Å²) in [4.78, 5) is 136. The summed E-state index contributed by atoms with van der Waals surface area (Å²) in [6, 6.07) is 2.29. The van der Waals surface area contributed by atoms with Crippen molar-refractivity contribution in [1.29, 1.82) is 0 Å². The van der Waals surface area contributed by atoms with E-state index in [4.69, 9.17) is 27.1 Å². The summed E-state index contributed by atoms with van der Waals surface area (Å²) in [6.07, 6.45) is 9.87. The van der Waals surface area contributed by atoms with Crippen LogP contribution in [0.5, 0.6) is 0 Å². The minimum absolute atomic E-state index is 0.0156. The smallest absolute Gasteiger partial charge is 0.309 e. The average Bonchev–Trinajstić information content (AvgIpc) is 3.90. The number of carbonyl (C=O) groups is 10. The number of hydrogen-bond donors (Lipinski definition) is 3. The highest BCUT2D eigenvalue weighted by atomic mass is 16.5. The summed E-state index contributed by atoms with van der Waals surface area (Å²) in [7, 11) is 11.9. The van der Waals surface area contributed by atoms with Crippen LogP contribution in [0.15, 0.2) is 24.3 Å². The van der Waals surface area contributed by atoms with Crippen molar-refractivity contribution in [3.8, 4) is 24.7 Å². The molecule has 12 atom stereocenters. The number of ketones is 4. The fraction of sp³-hybridized carbons (Fsp3) is 0.667. The lowest BCUT2D eigenvalue weighted by molar-refractivity contribution is -0.890. The number of carbonyl (C=O) groups excluding carboxylic acids is 10. The van der Waals surface area contributed by atoms with E-state index in [2.05, 4.69) is 16.0 Å². The fourth-order valence-corrected chi connectivity index (χ4v) is 10.8. The molecule has 0 aliphatic carbocycles. The van der Waals surface area contributed by atoms with E-state index in [1.807, 2.05) is 68.6 Å². The van der Waals surface area contributed by atoms with Crippen molar-refractivity contribution in [2.24, 2.45) is 35.5 Å². The van der Waals surface area contributed by atoms with Crippen molar-refractivity contribution in [1.82, 2.24) is 25.8 Å². The zero-order valence-corrected chi connectivity index (χ0v) is 49.8. The minimum Gasteiger partial charge on any atom is -0.469 e.